The second-order valence-corrected chi connectivity index (χ2v) is 5.58. The second kappa shape index (κ2) is 6.89. The molecule has 3 nitrogen and oxygen atoms in total. The summed E-state index contributed by atoms with van der Waals surface area (Å²) >= 11 is 0. The van der Waals surface area contributed by atoms with Crippen LogP contribution in [0.5, 0.6) is 0 Å². The molecule has 2 atom stereocenters. The van der Waals surface area contributed by atoms with Gasteiger partial charge in [0, 0.05) is 6.54 Å². The van der Waals surface area contributed by atoms with Crippen LogP contribution in [-0.2, 0) is 9.53 Å². The van der Waals surface area contributed by atoms with Crippen LogP contribution in [0.15, 0.2) is 0 Å². The normalized spacial score (nSPS) is 15.6. The van der Waals surface area contributed by atoms with E-state index in [1.54, 1.807) is 0 Å². The fourth-order valence-corrected chi connectivity index (χ4v) is 1.19. The molecule has 0 saturated carbocycles. The molecule has 0 rings (SSSR count). The van der Waals surface area contributed by atoms with Crippen molar-refractivity contribution in [3.63, 3.8) is 0 Å². The highest BCUT2D eigenvalue weighted by Gasteiger charge is 2.20. The zero-order valence-electron chi connectivity index (χ0n) is 11.6. The van der Waals surface area contributed by atoms with E-state index in [9.17, 15) is 4.79 Å². The summed E-state index contributed by atoms with van der Waals surface area (Å²) < 4.78 is 4.95. The van der Waals surface area contributed by atoms with Crippen molar-refractivity contribution in [2.45, 2.75) is 41.5 Å². The van der Waals surface area contributed by atoms with Crippen LogP contribution in [0.25, 0.3) is 0 Å². The molecule has 0 aliphatic rings. The largest absolute Gasteiger partial charge is 0.466 e. The maximum atomic E-state index is 11.4. The lowest BCUT2D eigenvalue weighted by molar-refractivity contribution is -0.147. The fourth-order valence-electron chi connectivity index (χ4n) is 1.19. The van der Waals surface area contributed by atoms with Gasteiger partial charge in [-0.3, -0.25) is 4.79 Å². The summed E-state index contributed by atoms with van der Waals surface area (Å²) in [7, 11) is 0. The lowest BCUT2D eigenvalue weighted by Crippen LogP contribution is -2.34. The third kappa shape index (κ3) is 6.11. The third-order valence-electron chi connectivity index (χ3n) is 3.07. The van der Waals surface area contributed by atoms with Crippen LogP contribution < -0.4 is 5.32 Å². The molecule has 0 bridgehead atoms. The molecule has 0 fully saturated rings. The van der Waals surface area contributed by atoms with Crippen molar-refractivity contribution in [2.24, 2.45) is 17.3 Å². The molecule has 0 aliphatic heterocycles. The Morgan fingerprint density at radius 1 is 1.25 bits per heavy atom. The van der Waals surface area contributed by atoms with Gasteiger partial charge in [-0.2, -0.15) is 0 Å². The van der Waals surface area contributed by atoms with Gasteiger partial charge >= 0.3 is 5.97 Å². The zero-order valence-corrected chi connectivity index (χ0v) is 11.6. The van der Waals surface area contributed by atoms with Crippen molar-refractivity contribution in [3.05, 3.63) is 0 Å². The van der Waals surface area contributed by atoms with Crippen molar-refractivity contribution in [1.29, 1.82) is 0 Å². The minimum atomic E-state index is -0.113. The van der Waals surface area contributed by atoms with Crippen molar-refractivity contribution < 1.29 is 9.53 Å². The number of ether oxygens (including phenoxy) is 1. The van der Waals surface area contributed by atoms with Crippen LogP contribution in [-0.4, -0.2) is 25.7 Å². The molecule has 1 N–H and O–H groups in total. The topological polar surface area (TPSA) is 38.3 Å². The molecule has 0 radical (unpaired) electrons. The van der Waals surface area contributed by atoms with E-state index in [2.05, 4.69) is 33.0 Å². The number of carbonyl (C=O) groups is 1. The lowest BCUT2D eigenvalue weighted by atomic mass is 9.82. The van der Waals surface area contributed by atoms with Crippen molar-refractivity contribution in [3.8, 4) is 0 Å². The summed E-state index contributed by atoms with van der Waals surface area (Å²) in [5.74, 6) is 0.410. The Hall–Kier alpha value is -0.570. The van der Waals surface area contributed by atoms with E-state index in [1.165, 1.54) is 0 Å². The Labute approximate surface area is 99.9 Å². The molecule has 0 aromatic carbocycles. The van der Waals surface area contributed by atoms with Crippen LogP contribution in [0.2, 0.25) is 0 Å². The van der Waals surface area contributed by atoms with Gasteiger partial charge in [0.1, 0.15) is 0 Å². The molecule has 0 aromatic heterocycles. The first-order chi connectivity index (χ1) is 7.29. The molecule has 0 saturated heterocycles. The van der Waals surface area contributed by atoms with Crippen LogP contribution in [0.3, 0.4) is 0 Å². The predicted molar refractivity (Wildman–Crippen MR) is 67.3 cm³/mol. The first-order valence-corrected chi connectivity index (χ1v) is 6.16. The number of hydrogen-bond donors (Lipinski definition) is 1. The zero-order chi connectivity index (χ0) is 12.8. The predicted octanol–water partition coefficient (Wildman–Crippen LogP) is 2.46. The van der Waals surface area contributed by atoms with Gasteiger partial charge in [-0.25, -0.2) is 0 Å². The summed E-state index contributed by atoms with van der Waals surface area (Å²) in [6.07, 6.45) is 0. The molecule has 2 unspecified atom stereocenters. The van der Waals surface area contributed by atoms with Crippen molar-refractivity contribution in [1.82, 2.24) is 5.32 Å². The average Bonchev–Trinajstić information content (AvgIpc) is 2.16. The fraction of sp³-hybridized carbons (Fsp3) is 0.923. The molecule has 96 valence electrons. The van der Waals surface area contributed by atoms with Crippen LogP contribution in [0, 0.1) is 17.3 Å². The monoisotopic (exact) mass is 229 g/mol. The summed E-state index contributed by atoms with van der Waals surface area (Å²) in [6.45, 7) is 14.7. The molecule has 0 aromatic rings. The number of rotatable bonds is 6. The molecular formula is C13H27NO2. The molecule has 0 aliphatic carbocycles. The first kappa shape index (κ1) is 15.4. The Balaban J connectivity index is 3.78. The minimum Gasteiger partial charge on any atom is -0.466 e. The highest BCUT2D eigenvalue weighted by atomic mass is 16.5. The SMILES string of the molecule is CCOC(=O)C(C)CNCC(C)C(C)(C)C. The van der Waals surface area contributed by atoms with Crippen LogP contribution in [0.1, 0.15) is 41.5 Å². The van der Waals surface area contributed by atoms with Gasteiger partial charge in [-0.05, 0) is 24.8 Å². The van der Waals surface area contributed by atoms with Gasteiger partial charge in [0.05, 0.1) is 12.5 Å². The number of esters is 1. The number of nitrogens with one attached hydrogen (secondary N) is 1. The summed E-state index contributed by atoms with van der Waals surface area (Å²) in [5.41, 5.74) is 0.306. The molecule has 16 heavy (non-hydrogen) atoms. The highest BCUT2D eigenvalue weighted by molar-refractivity contribution is 5.72. The summed E-state index contributed by atoms with van der Waals surface area (Å²) in [6, 6.07) is 0. The van der Waals surface area contributed by atoms with Gasteiger partial charge in [0.2, 0.25) is 0 Å². The van der Waals surface area contributed by atoms with Gasteiger partial charge in [0.15, 0.2) is 0 Å². The van der Waals surface area contributed by atoms with E-state index in [4.69, 9.17) is 4.74 Å². The molecule has 0 heterocycles. The Morgan fingerprint density at radius 2 is 1.81 bits per heavy atom. The van der Waals surface area contributed by atoms with E-state index in [1.807, 2.05) is 13.8 Å². The van der Waals surface area contributed by atoms with E-state index >= 15 is 0 Å². The molecule has 3 heteroatoms. The number of carbonyl (C=O) groups excluding carboxylic acids is 1. The molecule has 0 amide bonds. The highest BCUT2D eigenvalue weighted by Crippen LogP contribution is 2.24. The summed E-state index contributed by atoms with van der Waals surface area (Å²) in [4.78, 5) is 11.4. The smallest absolute Gasteiger partial charge is 0.309 e. The second-order valence-electron chi connectivity index (χ2n) is 5.58. The Morgan fingerprint density at radius 3 is 2.25 bits per heavy atom. The van der Waals surface area contributed by atoms with Crippen molar-refractivity contribution >= 4 is 5.97 Å². The van der Waals surface area contributed by atoms with Crippen molar-refractivity contribution in [2.75, 3.05) is 19.7 Å². The van der Waals surface area contributed by atoms with E-state index in [-0.39, 0.29) is 11.9 Å². The van der Waals surface area contributed by atoms with Gasteiger partial charge in [0.25, 0.3) is 0 Å². The molecular weight excluding hydrogens is 202 g/mol. The quantitative estimate of drug-likeness (QED) is 0.711. The van der Waals surface area contributed by atoms with Gasteiger partial charge < -0.3 is 10.1 Å². The van der Waals surface area contributed by atoms with Gasteiger partial charge in [-0.15, -0.1) is 0 Å². The summed E-state index contributed by atoms with van der Waals surface area (Å²) in [5, 5.41) is 3.33. The van der Waals surface area contributed by atoms with Gasteiger partial charge in [-0.1, -0.05) is 34.6 Å². The van der Waals surface area contributed by atoms with E-state index in [0.717, 1.165) is 6.54 Å². The van der Waals surface area contributed by atoms with E-state index in [0.29, 0.717) is 24.5 Å². The number of hydrogen-bond acceptors (Lipinski definition) is 3. The molecule has 0 spiro atoms. The maximum absolute atomic E-state index is 11.4. The maximum Gasteiger partial charge on any atom is 0.309 e. The van der Waals surface area contributed by atoms with E-state index < -0.39 is 0 Å². The first-order valence-electron chi connectivity index (χ1n) is 6.16. The van der Waals surface area contributed by atoms with Crippen LogP contribution >= 0.6 is 0 Å². The lowest BCUT2D eigenvalue weighted by Gasteiger charge is -2.27. The standard InChI is InChI=1S/C13H27NO2/c1-7-16-12(15)10(2)8-14-9-11(3)13(4,5)6/h10-11,14H,7-9H2,1-6H3. The third-order valence-corrected chi connectivity index (χ3v) is 3.07. The van der Waals surface area contributed by atoms with Crippen LogP contribution in [0.4, 0.5) is 0 Å². The minimum absolute atomic E-state index is 0.0629. The average molecular weight is 229 g/mol. The Bertz CT molecular complexity index is 208. The Kier molecular flexibility index (Phi) is 6.65.